The van der Waals surface area contributed by atoms with Crippen molar-refractivity contribution in [3.05, 3.63) is 0 Å². The molecule has 1 saturated heterocycles. The van der Waals surface area contributed by atoms with Crippen LogP contribution in [0.2, 0.25) is 0 Å². The molecule has 0 radical (unpaired) electrons. The van der Waals surface area contributed by atoms with Crippen molar-refractivity contribution in [1.29, 1.82) is 0 Å². The maximum atomic E-state index is 11.8. The molecule has 2 atom stereocenters. The third kappa shape index (κ3) is 5.33. The highest BCUT2D eigenvalue weighted by Crippen LogP contribution is 2.22. The first-order valence-electron chi connectivity index (χ1n) is 3.89. The molecule has 1 heterocycles. The molecule has 0 aromatic rings. The Labute approximate surface area is 81.2 Å². The molecule has 0 spiro atoms. The first kappa shape index (κ1) is 13.0. The summed E-state index contributed by atoms with van der Waals surface area (Å²) >= 11 is 0. The smallest absolute Gasteiger partial charge is 0.376 e. The van der Waals surface area contributed by atoms with E-state index in [4.69, 9.17) is 4.74 Å². The fourth-order valence-electron chi connectivity index (χ4n) is 1.14. The largest absolute Gasteiger partial charge is 0.390 e. The second kappa shape index (κ2) is 5.02. The summed E-state index contributed by atoms with van der Waals surface area (Å²) in [6.07, 6.45) is -4.88. The fourth-order valence-corrected chi connectivity index (χ4v) is 1.14. The zero-order valence-corrected chi connectivity index (χ0v) is 8.04. The third-order valence-electron chi connectivity index (χ3n) is 1.75. The Balaban J connectivity index is 0.00000144. The minimum atomic E-state index is -4.10. The standard InChI is InChI=1S/C7H12F3NO.ClH/c1-5-3-11-6(4-12-5)2-7(8,9)10;/h5-6,11H,2-4H2,1H3;1H. The second-order valence-electron chi connectivity index (χ2n) is 3.07. The lowest BCUT2D eigenvalue weighted by Crippen LogP contribution is -2.47. The predicted octanol–water partition coefficient (Wildman–Crippen LogP) is 1.74. The van der Waals surface area contributed by atoms with E-state index < -0.39 is 18.6 Å². The number of halogens is 4. The van der Waals surface area contributed by atoms with E-state index >= 15 is 0 Å². The van der Waals surface area contributed by atoms with Crippen molar-refractivity contribution >= 4 is 12.4 Å². The van der Waals surface area contributed by atoms with Gasteiger partial charge in [0.25, 0.3) is 0 Å². The van der Waals surface area contributed by atoms with Crippen molar-refractivity contribution in [3.8, 4) is 0 Å². The molecule has 0 aromatic heterocycles. The van der Waals surface area contributed by atoms with E-state index in [1.807, 2.05) is 6.92 Å². The van der Waals surface area contributed by atoms with Crippen molar-refractivity contribution < 1.29 is 17.9 Å². The number of hydrogen-bond acceptors (Lipinski definition) is 2. The number of morpholine rings is 1. The van der Waals surface area contributed by atoms with E-state index in [2.05, 4.69) is 5.32 Å². The summed E-state index contributed by atoms with van der Waals surface area (Å²) in [5, 5.41) is 2.78. The Morgan fingerprint density at radius 3 is 2.46 bits per heavy atom. The van der Waals surface area contributed by atoms with Gasteiger partial charge in [-0.2, -0.15) is 13.2 Å². The molecule has 2 unspecified atom stereocenters. The fraction of sp³-hybridized carbons (Fsp3) is 1.00. The molecule has 13 heavy (non-hydrogen) atoms. The van der Waals surface area contributed by atoms with Gasteiger partial charge in [0.15, 0.2) is 0 Å². The van der Waals surface area contributed by atoms with Gasteiger partial charge in [-0.3, -0.25) is 0 Å². The van der Waals surface area contributed by atoms with Crippen molar-refractivity contribution in [2.75, 3.05) is 13.2 Å². The summed E-state index contributed by atoms with van der Waals surface area (Å²) in [5.74, 6) is 0. The first-order valence-corrected chi connectivity index (χ1v) is 3.89. The van der Waals surface area contributed by atoms with E-state index in [1.54, 1.807) is 0 Å². The van der Waals surface area contributed by atoms with Crippen LogP contribution in [0.3, 0.4) is 0 Å². The maximum absolute atomic E-state index is 11.8. The molecule has 80 valence electrons. The molecule has 6 heteroatoms. The highest BCUT2D eigenvalue weighted by atomic mass is 35.5. The van der Waals surface area contributed by atoms with Crippen LogP contribution in [-0.2, 0) is 4.74 Å². The number of ether oxygens (including phenoxy) is 1. The normalized spacial score (nSPS) is 29.5. The Morgan fingerprint density at radius 2 is 2.08 bits per heavy atom. The van der Waals surface area contributed by atoms with E-state index in [0.717, 1.165) is 0 Å². The Kier molecular flexibility index (Phi) is 5.02. The summed E-state index contributed by atoms with van der Waals surface area (Å²) in [5.41, 5.74) is 0. The monoisotopic (exact) mass is 219 g/mol. The van der Waals surface area contributed by atoms with Gasteiger partial charge < -0.3 is 10.1 Å². The molecular formula is C7H13ClF3NO. The van der Waals surface area contributed by atoms with Crippen LogP contribution in [-0.4, -0.2) is 31.5 Å². The molecule has 1 N–H and O–H groups in total. The van der Waals surface area contributed by atoms with E-state index in [-0.39, 0.29) is 25.1 Å². The van der Waals surface area contributed by atoms with E-state index in [0.29, 0.717) is 6.54 Å². The first-order chi connectivity index (χ1) is 5.47. The van der Waals surface area contributed by atoms with Crippen LogP contribution in [0.15, 0.2) is 0 Å². The van der Waals surface area contributed by atoms with Gasteiger partial charge in [-0.25, -0.2) is 0 Å². The summed E-state index contributed by atoms with van der Waals surface area (Å²) in [4.78, 5) is 0. The van der Waals surface area contributed by atoms with Gasteiger partial charge in [0.1, 0.15) is 0 Å². The molecule has 0 saturated carbocycles. The summed E-state index contributed by atoms with van der Waals surface area (Å²) in [7, 11) is 0. The molecule has 1 aliphatic rings. The average molecular weight is 220 g/mol. The molecule has 1 fully saturated rings. The van der Waals surface area contributed by atoms with Crippen LogP contribution in [0.5, 0.6) is 0 Å². The highest BCUT2D eigenvalue weighted by molar-refractivity contribution is 5.85. The Morgan fingerprint density at radius 1 is 1.46 bits per heavy atom. The van der Waals surface area contributed by atoms with Gasteiger partial charge in [0.05, 0.1) is 19.1 Å². The topological polar surface area (TPSA) is 21.3 Å². The highest BCUT2D eigenvalue weighted by Gasteiger charge is 2.33. The zero-order chi connectivity index (χ0) is 9.19. The lowest BCUT2D eigenvalue weighted by Gasteiger charge is -2.28. The van der Waals surface area contributed by atoms with Gasteiger partial charge >= 0.3 is 6.18 Å². The van der Waals surface area contributed by atoms with Gasteiger partial charge in [0.2, 0.25) is 0 Å². The predicted molar refractivity (Wildman–Crippen MR) is 45.1 cm³/mol. The van der Waals surface area contributed by atoms with Crippen molar-refractivity contribution in [1.82, 2.24) is 5.32 Å². The van der Waals surface area contributed by atoms with Gasteiger partial charge in [0, 0.05) is 12.6 Å². The van der Waals surface area contributed by atoms with Gasteiger partial charge in [-0.05, 0) is 6.92 Å². The van der Waals surface area contributed by atoms with Crippen LogP contribution in [0, 0.1) is 0 Å². The molecule has 0 aliphatic carbocycles. The van der Waals surface area contributed by atoms with Gasteiger partial charge in [-0.1, -0.05) is 0 Å². The lowest BCUT2D eigenvalue weighted by atomic mass is 10.2. The van der Waals surface area contributed by atoms with E-state index in [1.165, 1.54) is 0 Å². The lowest BCUT2D eigenvalue weighted by molar-refractivity contribution is -0.148. The molecular weight excluding hydrogens is 207 g/mol. The number of alkyl halides is 3. The SMILES string of the molecule is CC1CNC(CC(F)(F)F)CO1.Cl. The minimum Gasteiger partial charge on any atom is -0.376 e. The number of hydrogen-bond donors (Lipinski definition) is 1. The van der Waals surface area contributed by atoms with Crippen LogP contribution in [0.4, 0.5) is 13.2 Å². The van der Waals surface area contributed by atoms with E-state index in [9.17, 15) is 13.2 Å². The van der Waals surface area contributed by atoms with Crippen LogP contribution in [0.1, 0.15) is 13.3 Å². The zero-order valence-electron chi connectivity index (χ0n) is 7.23. The molecule has 0 amide bonds. The molecule has 1 rings (SSSR count). The average Bonchev–Trinajstić information content (AvgIpc) is 1.91. The van der Waals surface area contributed by atoms with Crippen molar-refractivity contribution in [2.24, 2.45) is 0 Å². The minimum absolute atomic E-state index is 0. The third-order valence-corrected chi connectivity index (χ3v) is 1.75. The Hall–Kier alpha value is 0. The summed E-state index contributed by atoms with van der Waals surface area (Å²) < 4.78 is 40.6. The number of rotatable bonds is 1. The van der Waals surface area contributed by atoms with Crippen molar-refractivity contribution in [2.45, 2.75) is 31.7 Å². The number of nitrogens with one attached hydrogen (secondary N) is 1. The quantitative estimate of drug-likeness (QED) is 0.726. The van der Waals surface area contributed by atoms with Crippen LogP contribution < -0.4 is 5.32 Å². The summed E-state index contributed by atoms with van der Waals surface area (Å²) in [6.45, 7) is 2.48. The molecule has 0 bridgehead atoms. The molecule has 1 aliphatic heterocycles. The van der Waals surface area contributed by atoms with Crippen LogP contribution >= 0.6 is 12.4 Å². The van der Waals surface area contributed by atoms with Gasteiger partial charge in [-0.15, -0.1) is 12.4 Å². The summed E-state index contributed by atoms with van der Waals surface area (Å²) in [6, 6.07) is -0.568. The maximum Gasteiger partial charge on any atom is 0.390 e. The Bertz CT molecular complexity index is 145. The van der Waals surface area contributed by atoms with Crippen molar-refractivity contribution in [3.63, 3.8) is 0 Å². The van der Waals surface area contributed by atoms with Crippen LogP contribution in [0.25, 0.3) is 0 Å². The molecule has 0 aromatic carbocycles. The second-order valence-corrected chi connectivity index (χ2v) is 3.07. The molecule has 2 nitrogen and oxygen atoms in total.